The van der Waals surface area contributed by atoms with E-state index >= 15 is 0 Å². The molecule has 2 aliphatic heterocycles. The molecule has 0 saturated carbocycles. The monoisotopic (exact) mass is 369 g/mol. The number of rotatable bonds is 4. The summed E-state index contributed by atoms with van der Waals surface area (Å²) in [5, 5.41) is 0. The van der Waals surface area contributed by atoms with Gasteiger partial charge in [0.1, 0.15) is 5.82 Å². The van der Waals surface area contributed by atoms with E-state index in [0.717, 1.165) is 63.4 Å². The maximum Gasteiger partial charge on any atom is 0.123 e. The van der Waals surface area contributed by atoms with E-state index in [9.17, 15) is 4.39 Å². The van der Waals surface area contributed by atoms with Gasteiger partial charge < -0.3 is 14.5 Å². The molecule has 0 N–H and O–H groups in total. The number of nitrogens with zero attached hydrogens (tertiary/aromatic N) is 3. The molecule has 0 bridgehead atoms. The zero-order valence-electron chi connectivity index (χ0n) is 16.0. The lowest BCUT2D eigenvalue weighted by molar-refractivity contribution is 0.153. The minimum atomic E-state index is -0.158. The number of hydrogen-bond donors (Lipinski definition) is 0. The van der Waals surface area contributed by atoms with Crippen molar-refractivity contribution in [1.29, 1.82) is 0 Å². The van der Waals surface area contributed by atoms with Crippen LogP contribution in [0.2, 0.25) is 0 Å². The first kappa shape index (κ1) is 18.4. The maximum absolute atomic E-state index is 13.8. The summed E-state index contributed by atoms with van der Waals surface area (Å²) in [7, 11) is 0. The summed E-state index contributed by atoms with van der Waals surface area (Å²) in [5.74, 6) is -0.158. The molecule has 1 atom stereocenters. The zero-order valence-corrected chi connectivity index (χ0v) is 16.0. The molecule has 2 fully saturated rings. The maximum atomic E-state index is 13.8. The lowest BCUT2D eigenvalue weighted by Crippen LogP contribution is -2.43. The lowest BCUT2D eigenvalue weighted by atomic mass is 9.79. The minimum Gasteiger partial charge on any atom is -0.380 e. The Kier molecular flexibility index (Phi) is 5.41. The fraction of sp³-hybridized carbons (Fsp3) is 0.500. The van der Waals surface area contributed by atoms with Gasteiger partial charge in [-0.25, -0.2) is 4.39 Å². The SMILES string of the molecule is Cc1cc(N2CCCN(C[C@]3(c4cccc(F)c4)CCOC3)CC2)ccn1. The second kappa shape index (κ2) is 7.95. The standard InChI is InChI=1S/C22H28FN3O/c1-18-14-21(6-8-24-18)26-10-3-9-25(11-12-26)16-22(7-13-27-17-22)19-4-2-5-20(23)15-19/h2,4-6,8,14-15H,3,7,9-13,16-17H2,1H3/t22-/m1/s1. The molecular weight excluding hydrogens is 341 g/mol. The van der Waals surface area contributed by atoms with Crippen molar-refractivity contribution in [1.82, 2.24) is 9.88 Å². The van der Waals surface area contributed by atoms with Crippen LogP contribution < -0.4 is 4.90 Å². The van der Waals surface area contributed by atoms with Crippen molar-refractivity contribution in [2.24, 2.45) is 0 Å². The molecule has 0 unspecified atom stereocenters. The number of anilines is 1. The molecule has 27 heavy (non-hydrogen) atoms. The third-order valence-corrected chi connectivity index (χ3v) is 5.90. The van der Waals surface area contributed by atoms with Crippen LogP contribution in [0.15, 0.2) is 42.6 Å². The Labute approximate surface area is 161 Å². The Morgan fingerprint density at radius 1 is 1.15 bits per heavy atom. The number of aryl methyl sites for hydroxylation is 1. The van der Waals surface area contributed by atoms with Gasteiger partial charge in [-0.2, -0.15) is 0 Å². The summed E-state index contributed by atoms with van der Waals surface area (Å²) in [5.41, 5.74) is 3.30. The first-order valence-corrected chi connectivity index (χ1v) is 9.88. The number of aromatic nitrogens is 1. The van der Waals surface area contributed by atoms with Crippen molar-refractivity contribution in [3.63, 3.8) is 0 Å². The van der Waals surface area contributed by atoms with Crippen molar-refractivity contribution < 1.29 is 9.13 Å². The molecular formula is C22H28FN3O. The largest absolute Gasteiger partial charge is 0.380 e. The van der Waals surface area contributed by atoms with Gasteiger partial charge in [0.15, 0.2) is 0 Å². The number of pyridine rings is 1. The van der Waals surface area contributed by atoms with Crippen LogP contribution in [0.25, 0.3) is 0 Å². The van der Waals surface area contributed by atoms with Gasteiger partial charge in [-0.3, -0.25) is 4.98 Å². The van der Waals surface area contributed by atoms with Gasteiger partial charge in [-0.05, 0) is 56.1 Å². The van der Waals surface area contributed by atoms with Crippen molar-refractivity contribution in [2.45, 2.75) is 25.2 Å². The third-order valence-electron chi connectivity index (χ3n) is 5.90. The van der Waals surface area contributed by atoms with Gasteiger partial charge >= 0.3 is 0 Å². The molecule has 1 aromatic heterocycles. The average molecular weight is 369 g/mol. The second-order valence-corrected chi connectivity index (χ2v) is 7.87. The van der Waals surface area contributed by atoms with Gasteiger partial charge in [0.05, 0.1) is 6.61 Å². The number of benzene rings is 1. The normalized spacial score (nSPS) is 24.1. The molecule has 4 rings (SSSR count). The van der Waals surface area contributed by atoms with Crippen molar-refractivity contribution in [2.75, 3.05) is 50.8 Å². The van der Waals surface area contributed by atoms with Crippen LogP contribution in [0.1, 0.15) is 24.1 Å². The summed E-state index contributed by atoms with van der Waals surface area (Å²) in [4.78, 5) is 9.30. The molecule has 0 aliphatic carbocycles. The van der Waals surface area contributed by atoms with Crippen molar-refractivity contribution in [3.8, 4) is 0 Å². The van der Waals surface area contributed by atoms with E-state index in [2.05, 4.69) is 33.0 Å². The summed E-state index contributed by atoms with van der Waals surface area (Å²) in [6.45, 7) is 8.55. The molecule has 0 amide bonds. The van der Waals surface area contributed by atoms with E-state index in [1.807, 2.05) is 19.2 Å². The van der Waals surface area contributed by atoms with Crippen LogP contribution in [-0.4, -0.2) is 55.8 Å². The van der Waals surface area contributed by atoms with Gasteiger partial charge in [-0.15, -0.1) is 0 Å². The highest BCUT2D eigenvalue weighted by atomic mass is 19.1. The second-order valence-electron chi connectivity index (χ2n) is 7.87. The van der Waals surface area contributed by atoms with Crippen LogP contribution in [-0.2, 0) is 10.2 Å². The Hall–Kier alpha value is -1.98. The minimum absolute atomic E-state index is 0.0927. The fourth-order valence-corrected chi connectivity index (χ4v) is 4.41. The smallest absolute Gasteiger partial charge is 0.123 e. The Morgan fingerprint density at radius 3 is 2.85 bits per heavy atom. The topological polar surface area (TPSA) is 28.6 Å². The predicted octanol–water partition coefficient (Wildman–Crippen LogP) is 3.40. The molecule has 2 aliphatic rings. The van der Waals surface area contributed by atoms with Gasteiger partial charge in [0.25, 0.3) is 0 Å². The molecule has 1 aromatic carbocycles. The molecule has 0 spiro atoms. The first-order chi connectivity index (χ1) is 13.1. The van der Waals surface area contributed by atoms with Crippen LogP contribution in [0.3, 0.4) is 0 Å². The van der Waals surface area contributed by atoms with Crippen molar-refractivity contribution >= 4 is 5.69 Å². The first-order valence-electron chi connectivity index (χ1n) is 9.88. The van der Waals surface area contributed by atoms with Crippen LogP contribution in [0, 0.1) is 12.7 Å². The molecule has 2 aromatic rings. The Bertz CT molecular complexity index is 776. The highest BCUT2D eigenvalue weighted by Gasteiger charge is 2.38. The molecule has 0 radical (unpaired) electrons. The van der Waals surface area contributed by atoms with Crippen LogP contribution >= 0.6 is 0 Å². The van der Waals surface area contributed by atoms with Crippen molar-refractivity contribution in [3.05, 3.63) is 59.7 Å². The van der Waals surface area contributed by atoms with E-state index in [4.69, 9.17) is 4.74 Å². The van der Waals surface area contributed by atoms with Crippen LogP contribution in [0.5, 0.6) is 0 Å². The average Bonchev–Trinajstić information content (AvgIpc) is 3.02. The summed E-state index contributed by atoms with van der Waals surface area (Å²) in [6.07, 6.45) is 3.98. The molecule has 3 heterocycles. The van der Waals surface area contributed by atoms with E-state index < -0.39 is 0 Å². The third kappa shape index (κ3) is 4.14. The molecule has 5 heteroatoms. The molecule has 4 nitrogen and oxygen atoms in total. The highest BCUT2D eigenvalue weighted by Crippen LogP contribution is 2.35. The lowest BCUT2D eigenvalue weighted by Gasteiger charge is -2.34. The van der Waals surface area contributed by atoms with E-state index in [-0.39, 0.29) is 11.2 Å². The highest BCUT2D eigenvalue weighted by molar-refractivity contribution is 5.46. The quantitative estimate of drug-likeness (QED) is 0.826. The van der Waals surface area contributed by atoms with E-state index in [0.29, 0.717) is 6.61 Å². The number of ether oxygens (including phenoxy) is 1. The Balaban J connectivity index is 1.47. The number of halogens is 1. The Morgan fingerprint density at radius 2 is 2.07 bits per heavy atom. The summed E-state index contributed by atoms with van der Waals surface area (Å²) < 4.78 is 19.6. The molecule has 2 saturated heterocycles. The fourth-order valence-electron chi connectivity index (χ4n) is 4.41. The summed E-state index contributed by atoms with van der Waals surface area (Å²) in [6, 6.07) is 11.4. The summed E-state index contributed by atoms with van der Waals surface area (Å²) >= 11 is 0. The zero-order chi connectivity index (χ0) is 18.7. The van der Waals surface area contributed by atoms with Gasteiger partial charge in [-0.1, -0.05) is 12.1 Å². The predicted molar refractivity (Wildman–Crippen MR) is 106 cm³/mol. The number of hydrogen-bond acceptors (Lipinski definition) is 4. The van der Waals surface area contributed by atoms with E-state index in [1.54, 1.807) is 6.07 Å². The molecule has 144 valence electrons. The van der Waals surface area contributed by atoms with Crippen LogP contribution in [0.4, 0.5) is 10.1 Å². The van der Waals surface area contributed by atoms with E-state index in [1.165, 1.54) is 11.8 Å². The van der Waals surface area contributed by atoms with Gasteiger partial charge in [0, 0.05) is 55.8 Å². The van der Waals surface area contributed by atoms with Gasteiger partial charge in [0.2, 0.25) is 0 Å².